The maximum Gasteiger partial charge on any atom is 0.248 e. The zero-order valence-electron chi connectivity index (χ0n) is 21.8. The number of benzene rings is 4. The van der Waals surface area contributed by atoms with E-state index in [1.807, 2.05) is 0 Å². The minimum absolute atomic E-state index is 0.0537. The summed E-state index contributed by atoms with van der Waals surface area (Å²) in [5, 5.41) is 4.20. The number of hydrogen-bond donors (Lipinski definition) is 0. The highest BCUT2D eigenvalue weighted by Crippen LogP contribution is 2.44. The highest BCUT2D eigenvalue weighted by atomic mass is 15.2. The van der Waals surface area contributed by atoms with Crippen molar-refractivity contribution >= 4 is 57.2 Å². The Hall–Kier alpha value is -3.98. The molecular formula is C34H29BN2. The molecule has 0 amide bonds. The summed E-state index contributed by atoms with van der Waals surface area (Å²) >= 11 is 0. The molecule has 2 nitrogen and oxygen atoms in total. The van der Waals surface area contributed by atoms with E-state index in [0.717, 1.165) is 6.42 Å². The topological polar surface area (TPSA) is 8.17 Å². The molecule has 0 N–H and O–H groups in total. The molecule has 0 radical (unpaired) electrons. The van der Waals surface area contributed by atoms with Crippen LogP contribution in [0, 0.1) is 19.3 Å². The molecule has 3 heteroatoms. The number of anilines is 3. The van der Waals surface area contributed by atoms with Gasteiger partial charge in [0.1, 0.15) is 0 Å². The molecule has 0 unspecified atom stereocenters. The quantitative estimate of drug-likeness (QED) is 0.288. The number of aromatic nitrogens is 1. The van der Waals surface area contributed by atoms with Gasteiger partial charge in [-0.3, -0.25) is 0 Å². The van der Waals surface area contributed by atoms with Crippen molar-refractivity contribution in [2.75, 3.05) is 4.90 Å². The average Bonchev–Trinajstić information content (AvgIpc) is 3.22. The molecular weight excluding hydrogens is 447 g/mol. The van der Waals surface area contributed by atoms with Gasteiger partial charge in [-0.2, -0.15) is 0 Å². The Morgan fingerprint density at radius 3 is 2.35 bits per heavy atom. The van der Waals surface area contributed by atoms with Crippen molar-refractivity contribution in [3.05, 3.63) is 107 Å². The molecule has 0 saturated heterocycles. The van der Waals surface area contributed by atoms with Crippen LogP contribution in [0.15, 0.2) is 84.9 Å². The Balaban J connectivity index is 1.62. The summed E-state index contributed by atoms with van der Waals surface area (Å²) in [4.78, 5) is 2.50. The van der Waals surface area contributed by atoms with E-state index in [1.165, 1.54) is 66.3 Å². The van der Waals surface area contributed by atoms with Gasteiger partial charge in [-0.1, -0.05) is 79.5 Å². The minimum Gasteiger partial charge on any atom is -0.311 e. The fourth-order valence-electron chi connectivity index (χ4n) is 7.46. The van der Waals surface area contributed by atoms with Crippen LogP contribution >= 0.6 is 0 Å². The molecule has 5 aromatic rings. The maximum absolute atomic E-state index is 2.57. The fraction of sp³-hybridized carbons (Fsp3) is 0.176. The average molecular weight is 476 g/mol. The second kappa shape index (κ2) is 7.07. The number of nitrogens with zero attached hydrogens (tertiary/aromatic N) is 2. The molecule has 1 aromatic heterocycles. The minimum atomic E-state index is 0.0537. The normalized spacial score (nSPS) is 16.3. The van der Waals surface area contributed by atoms with Crippen LogP contribution in [0.5, 0.6) is 0 Å². The van der Waals surface area contributed by atoms with E-state index in [4.69, 9.17) is 0 Å². The van der Waals surface area contributed by atoms with E-state index in [0.29, 0.717) is 0 Å². The van der Waals surface area contributed by atoms with Gasteiger partial charge < -0.3 is 9.47 Å². The molecule has 0 bridgehead atoms. The largest absolute Gasteiger partial charge is 0.311 e. The number of hydrogen-bond acceptors (Lipinski definition) is 1. The van der Waals surface area contributed by atoms with E-state index in [1.54, 1.807) is 5.47 Å². The van der Waals surface area contributed by atoms with Gasteiger partial charge in [-0.25, -0.2) is 0 Å². The summed E-state index contributed by atoms with van der Waals surface area (Å²) in [6.07, 6.45) is 3.55. The zero-order valence-corrected chi connectivity index (χ0v) is 21.8. The molecule has 0 atom stereocenters. The molecule has 1 aliphatic carbocycles. The third-order valence-electron chi connectivity index (χ3n) is 8.89. The zero-order chi connectivity index (χ0) is 25.1. The van der Waals surface area contributed by atoms with Crippen LogP contribution in [0.3, 0.4) is 0 Å². The molecule has 178 valence electrons. The van der Waals surface area contributed by atoms with Gasteiger partial charge in [-0.15, -0.1) is 0 Å². The Kier molecular flexibility index (Phi) is 4.04. The summed E-state index contributed by atoms with van der Waals surface area (Å²) in [6.45, 7) is 9.68. The van der Waals surface area contributed by atoms with Gasteiger partial charge >= 0.3 is 0 Å². The lowest BCUT2D eigenvalue weighted by atomic mass is 9.29. The lowest BCUT2D eigenvalue weighted by Crippen LogP contribution is -2.62. The summed E-state index contributed by atoms with van der Waals surface area (Å²) < 4.78 is 2.57. The molecule has 8 rings (SSSR count). The van der Waals surface area contributed by atoms with Gasteiger partial charge in [-0.05, 0) is 78.6 Å². The smallest absolute Gasteiger partial charge is 0.248 e. The van der Waals surface area contributed by atoms with Crippen molar-refractivity contribution in [1.82, 2.24) is 4.57 Å². The summed E-state index contributed by atoms with van der Waals surface area (Å²) in [7, 11) is 0. The first-order chi connectivity index (χ1) is 18.0. The van der Waals surface area contributed by atoms with Crippen LogP contribution in [-0.4, -0.2) is 11.3 Å². The Bertz CT molecular complexity index is 1910. The summed E-state index contributed by atoms with van der Waals surface area (Å²) in [6, 6.07) is 31.6. The van der Waals surface area contributed by atoms with Crippen LogP contribution in [0.4, 0.5) is 17.1 Å². The van der Waals surface area contributed by atoms with Crippen molar-refractivity contribution in [2.45, 2.75) is 34.1 Å². The third kappa shape index (κ3) is 2.62. The molecule has 0 saturated carbocycles. The van der Waals surface area contributed by atoms with Crippen LogP contribution < -0.4 is 26.4 Å². The monoisotopic (exact) mass is 476 g/mol. The highest BCUT2D eigenvalue weighted by Gasteiger charge is 2.47. The molecule has 3 heterocycles. The number of rotatable bonds is 1. The van der Waals surface area contributed by atoms with Crippen LogP contribution in [-0.2, 0) is 0 Å². The van der Waals surface area contributed by atoms with E-state index in [2.05, 4.69) is 128 Å². The molecule has 0 fully saturated rings. The van der Waals surface area contributed by atoms with Gasteiger partial charge in [0.15, 0.2) is 0 Å². The molecule has 3 aliphatic rings. The highest BCUT2D eigenvalue weighted by molar-refractivity contribution is 7.02. The first-order valence-corrected chi connectivity index (χ1v) is 13.4. The molecule has 0 spiro atoms. The van der Waals surface area contributed by atoms with Crippen molar-refractivity contribution < 1.29 is 0 Å². The van der Waals surface area contributed by atoms with Crippen molar-refractivity contribution in [1.29, 1.82) is 0 Å². The van der Waals surface area contributed by atoms with Crippen LogP contribution in [0.1, 0.15) is 31.4 Å². The lowest BCUT2D eigenvalue weighted by Gasteiger charge is -2.45. The van der Waals surface area contributed by atoms with Crippen LogP contribution in [0.2, 0.25) is 0 Å². The second-order valence-electron chi connectivity index (χ2n) is 11.6. The summed E-state index contributed by atoms with van der Waals surface area (Å²) in [5.41, 5.74) is 13.7. The fourth-order valence-corrected chi connectivity index (χ4v) is 7.46. The Morgan fingerprint density at radius 1 is 0.757 bits per heavy atom. The van der Waals surface area contributed by atoms with Crippen molar-refractivity contribution in [2.24, 2.45) is 5.41 Å². The van der Waals surface area contributed by atoms with E-state index >= 15 is 0 Å². The SMILES string of the molecule is Cc1cc(C)c2c(c1)N(c1ccccc1)c1cccc3c1B2C1=c2c(c4ccccc4n2-3)=CCC1(C)C. The van der Waals surface area contributed by atoms with Crippen molar-refractivity contribution in [3.8, 4) is 5.69 Å². The first-order valence-electron chi connectivity index (χ1n) is 13.4. The number of aryl methyl sites for hydroxylation is 2. The van der Waals surface area contributed by atoms with Gasteiger partial charge in [0.2, 0.25) is 6.71 Å². The third-order valence-corrected chi connectivity index (χ3v) is 8.89. The predicted molar refractivity (Wildman–Crippen MR) is 158 cm³/mol. The molecule has 4 aromatic carbocycles. The lowest BCUT2D eigenvalue weighted by molar-refractivity contribution is 0.522. The summed E-state index contributed by atoms with van der Waals surface area (Å²) in [5.74, 6) is 0. The van der Waals surface area contributed by atoms with Gasteiger partial charge in [0.05, 0.1) is 5.52 Å². The van der Waals surface area contributed by atoms with Crippen LogP contribution in [0.25, 0.3) is 28.1 Å². The van der Waals surface area contributed by atoms with Crippen molar-refractivity contribution in [3.63, 3.8) is 0 Å². The second-order valence-corrected chi connectivity index (χ2v) is 11.6. The molecule has 2 aliphatic heterocycles. The maximum atomic E-state index is 2.57. The number of fused-ring (bicyclic) bond motifs is 7. The Labute approximate surface area is 218 Å². The van der Waals surface area contributed by atoms with Gasteiger partial charge in [0, 0.05) is 38.7 Å². The first kappa shape index (κ1) is 21.1. The van der Waals surface area contributed by atoms with E-state index in [9.17, 15) is 0 Å². The predicted octanol–water partition coefficient (Wildman–Crippen LogP) is 5.55. The standard InChI is InChI=1S/C34H29BN2/c1-21-19-22(2)30-29(20-21)36(23-11-6-5-7-12-23)27-15-10-16-28-31(27)35(30)33-32-25(17-18-34(33,3)4)24-13-8-9-14-26(24)37(28)32/h5-17,19-20H,18H2,1-4H3. The van der Waals surface area contributed by atoms with E-state index < -0.39 is 0 Å². The molecule has 37 heavy (non-hydrogen) atoms. The number of para-hydroxylation sites is 2. The van der Waals surface area contributed by atoms with Gasteiger partial charge in [0.25, 0.3) is 0 Å². The Morgan fingerprint density at radius 2 is 1.51 bits per heavy atom. The van der Waals surface area contributed by atoms with E-state index in [-0.39, 0.29) is 12.1 Å².